The zero-order valence-electron chi connectivity index (χ0n) is 10.3. The molecule has 0 radical (unpaired) electrons. The Labute approximate surface area is 103 Å². The van der Waals surface area contributed by atoms with Gasteiger partial charge in [0.15, 0.2) is 0 Å². The van der Waals surface area contributed by atoms with Crippen molar-refractivity contribution in [2.45, 2.75) is 37.4 Å². The number of nitrogens with zero attached hydrogens (tertiary/aromatic N) is 1. The summed E-state index contributed by atoms with van der Waals surface area (Å²) in [5.41, 5.74) is 0. The lowest BCUT2D eigenvalue weighted by Crippen LogP contribution is -2.23. The van der Waals surface area contributed by atoms with Crippen molar-refractivity contribution in [1.29, 1.82) is 0 Å². The quantitative estimate of drug-likeness (QED) is 0.729. The van der Waals surface area contributed by atoms with Gasteiger partial charge in [-0.2, -0.15) is 11.8 Å². The maximum atomic E-state index is 10.8. The average Bonchev–Trinajstić information content (AvgIpc) is 2.25. The maximum Gasteiger partial charge on any atom is 0.306 e. The Balaban J connectivity index is 2.06. The Kier molecular flexibility index (Phi) is 6.21. The average molecular weight is 245 g/mol. The smallest absolute Gasteiger partial charge is 0.306 e. The summed E-state index contributed by atoms with van der Waals surface area (Å²) >= 11 is 2.03. The molecule has 1 aliphatic rings. The summed E-state index contributed by atoms with van der Waals surface area (Å²) in [5.74, 6) is 0.537. The Morgan fingerprint density at radius 1 is 1.31 bits per heavy atom. The van der Waals surface area contributed by atoms with Crippen LogP contribution >= 0.6 is 11.8 Å². The number of carboxylic acids is 1. The van der Waals surface area contributed by atoms with Gasteiger partial charge in [-0.15, -0.1) is 0 Å². The second-order valence-electron chi connectivity index (χ2n) is 4.84. The largest absolute Gasteiger partial charge is 0.481 e. The highest BCUT2D eigenvalue weighted by molar-refractivity contribution is 7.99. The lowest BCUT2D eigenvalue weighted by atomic mass is 9.89. The predicted octanol–water partition coefficient (Wildman–Crippen LogP) is 2.31. The monoisotopic (exact) mass is 245 g/mol. The molecule has 1 aliphatic carbocycles. The molecule has 4 heteroatoms. The molecule has 0 saturated heterocycles. The molecule has 0 aromatic rings. The molecule has 1 fully saturated rings. The number of aliphatic carboxylic acids is 1. The van der Waals surface area contributed by atoms with E-state index < -0.39 is 5.97 Å². The van der Waals surface area contributed by atoms with Gasteiger partial charge in [-0.1, -0.05) is 0 Å². The van der Waals surface area contributed by atoms with Crippen molar-refractivity contribution >= 4 is 17.7 Å². The highest BCUT2D eigenvalue weighted by atomic mass is 32.2. The van der Waals surface area contributed by atoms with Crippen LogP contribution in [0, 0.1) is 5.92 Å². The van der Waals surface area contributed by atoms with E-state index in [9.17, 15) is 4.79 Å². The van der Waals surface area contributed by atoms with E-state index >= 15 is 0 Å². The Morgan fingerprint density at radius 3 is 2.44 bits per heavy atom. The molecule has 16 heavy (non-hydrogen) atoms. The molecular formula is C12H23NO2S. The summed E-state index contributed by atoms with van der Waals surface area (Å²) in [5, 5.41) is 9.59. The first kappa shape index (κ1) is 13.8. The number of thioether (sulfide) groups is 1. The molecule has 1 rings (SSSR count). The molecule has 94 valence electrons. The van der Waals surface area contributed by atoms with E-state index in [-0.39, 0.29) is 5.92 Å². The molecule has 0 amide bonds. The molecule has 0 spiro atoms. The topological polar surface area (TPSA) is 40.5 Å². The summed E-state index contributed by atoms with van der Waals surface area (Å²) in [6.45, 7) is 1.15. The van der Waals surface area contributed by atoms with Gasteiger partial charge in [0, 0.05) is 5.25 Å². The van der Waals surface area contributed by atoms with E-state index in [0.29, 0.717) is 5.25 Å². The van der Waals surface area contributed by atoms with Crippen molar-refractivity contribution in [1.82, 2.24) is 4.90 Å². The molecule has 3 nitrogen and oxygen atoms in total. The standard InChI is InChI=1S/C12H23NO2S/c1-13(2)8-3-9-16-11-6-4-10(5-7-11)12(14)15/h10-11H,3-9H2,1-2H3,(H,14,15). The Hall–Kier alpha value is -0.220. The van der Waals surface area contributed by atoms with Crippen LogP contribution in [0.1, 0.15) is 32.1 Å². The van der Waals surface area contributed by atoms with Crippen molar-refractivity contribution in [3.05, 3.63) is 0 Å². The van der Waals surface area contributed by atoms with Crippen LogP contribution in [0.15, 0.2) is 0 Å². The highest BCUT2D eigenvalue weighted by Crippen LogP contribution is 2.32. The van der Waals surface area contributed by atoms with E-state index in [0.717, 1.165) is 32.2 Å². The molecular weight excluding hydrogens is 222 g/mol. The zero-order chi connectivity index (χ0) is 12.0. The van der Waals surface area contributed by atoms with Gasteiger partial charge in [0.1, 0.15) is 0 Å². The number of carboxylic acid groups (broad SMARTS) is 1. The summed E-state index contributed by atoms with van der Waals surface area (Å²) in [4.78, 5) is 13.0. The minimum absolute atomic E-state index is 0.0707. The van der Waals surface area contributed by atoms with Crippen molar-refractivity contribution in [2.24, 2.45) is 5.92 Å². The fourth-order valence-corrected chi connectivity index (χ4v) is 3.34. The molecule has 1 N–H and O–H groups in total. The number of hydrogen-bond donors (Lipinski definition) is 1. The normalized spacial score (nSPS) is 25.9. The third kappa shape index (κ3) is 5.21. The predicted molar refractivity (Wildman–Crippen MR) is 69.0 cm³/mol. The van der Waals surface area contributed by atoms with Crippen molar-refractivity contribution in [2.75, 3.05) is 26.4 Å². The van der Waals surface area contributed by atoms with Crippen molar-refractivity contribution in [3.63, 3.8) is 0 Å². The third-order valence-corrected chi connectivity index (χ3v) is 4.59. The minimum atomic E-state index is -0.601. The van der Waals surface area contributed by atoms with E-state index in [2.05, 4.69) is 19.0 Å². The molecule has 0 aromatic carbocycles. The molecule has 0 atom stereocenters. The summed E-state index contributed by atoms with van der Waals surface area (Å²) in [6.07, 6.45) is 5.16. The van der Waals surface area contributed by atoms with Crippen LogP contribution in [0.5, 0.6) is 0 Å². The lowest BCUT2D eigenvalue weighted by molar-refractivity contribution is -0.142. The third-order valence-electron chi connectivity index (χ3n) is 3.13. The van der Waals surface area contributed by atoms with E-state index in [1.54, 1.807) is 0 Å². The minimum Gasteiger partial charge on any atom is -0.481 e. The van der Waals surface area contributed by atoms with Crippen molar-refractivity contribution < 1.29 is 9.90 Å². The number of carbonyl (C=O) groups is 1. The molecule has 0 heterocycles. The molecule has 0 aromatic heterocycles. The van der Waals surface area contributed by atoms with Gasteiger partial charge in [0.2, 0.25) is 0 Å². The van der Waals surface area contributed by atoms with Crippen LogP contribution in [0.3, 0.4) is 0 Å². The van der Waals surface area contributed by atoms with Crippen LogP contribution in [0.2, 0.25) is 0 Å². The number of hydrogen-bond acceptors (Lipinski definition) is 3. The molecule has 1 saturated carbocycles. The highest BCUT2D eigenvalue weighted by Gasteiger charge is 2.25. The van der Waals surface area contributed by atoms with Gasteiger partial charge in [0.05, 0.1) is 5.92 Å². The zero-order valence-corrected chi connectivity index (χ0v) is 11.1. The van der Waals surface area contributed by atoms with Crippen LogP contribution in [0.4, 0.5) is 0 Å². The fraction of sp³-hybridized carbons (Fsp3) is 0.917. The molecule has 0 unspecified atom stereocenters. The van der Waals surface area contributed by atoms with Crippen LogP contribution in [-0.4, -0.2) is 47.6 Å². The van der Waals surface area contributed by atoms with Crippen LogP contribution < -0.4 is 0 Å². The van der Waals surface area contributed by atoms with E-state index in [1.165, 1.54) is 12.2 Å². The fourth-order valence-electron chi connectivity index (χ4n) is 2.11. The van der Waals surface area contributed by atoms with Crippen LogP contribution in [0.25, 0.3) is 0 Å². The first-order valence-corrected chi connectivity index (χ1v) is 7.13. The second kappa shape index (κ2) is 7.17. The van der Waals surface area contributed by atoms with Gasteiger partial charge in [-0.3, -0.25) is 4.79 Å². The van der Waals surface area contributed by atoms with Crippen molar-refractivity contribution in [3.8, 4) is 0 Å². The first-order valence-electron chi connectivity index (χ1n) is 6.08. The first-order chi connectivity index (χ1) is 7.59. The van der Waals surface area contributed by atoms with Gasteiger partial charge in [0.25, 0.3) is 0 Å². The van der Waals surface area contributed by atoms with E-state index in [1.807, 2.05) is 11.8 Å². The van der Waals surface area contributed by atoms with Gasteiger partial charge >= 0.3 is 5.97 Å². The van der Waals surface area contributed by atoms with Gasteiger partial charge in [-0.05, 0) is 58.5 Å². The number of rotatable bonds is 6. The summed E-state index contributed by atoms with van der Waals surface area (Å²) < 4.78 is 0. The summed E-state index contributed by atoms with van der Waals surface area (Å²) in [6, 6.07) is 0. The second-order valence-corrected chi connectivity index (χ2v) is 6.25. The maximum absolute atomic E-state index is 10.8. The summed E-state index contributed by atoms with van der Waals surface area (Å²) in [7, 11) is 4.20. The van der Waals surface area contributed by atoms with Gasteiger partial charge in [-0.25, -0.2) is 0 Å². The Bertz CT molecular complexity index is 213. The van der Waals surface area contributed by atoms with Gasteiger partial charge < -0.3 is 10.0 Å². The van der Waals surface area contributed by atoms with E-state index in [4.69, 9.17) is 5.11 Å². The molecule has 0 bridgehead atoms. The van der Waals surface area contributed by atoms with Crippen LogP contribution in [-0.2, 0) is 4.79 Å². The molecule has 0 aliphatic heterocycles. The lowest BCUT2D eigenvalue weighted by Gasteiger charge is -2.25. The SMILES string of the molecule is CN(C)CCCSC1CCC(C(=O)O)CC1. The Morgan fingerprint density at radius 2 is 1.94 bits per heavy atom.